The van der Waals surface area contributed by atoms with E-state index in [1.807, 2.05) is 0 Å². The molecule has 0 unspecified atom stereocenters. The van der Waals surface area contributed by atoms with Gasteiger partial charge in [0.25, 0.3) is 5.91 Å². The Morgan fingerprint density at radius 3 is 2.25 bits per heavy atom. The molecule has 0 aliphatic carbocycles. The van der Waals surface area contributed by atoms with Gasteiger partial charge in [-0.25, -0.2) is 0 Å². The zero-order chi connectivity index (χ0) is 18.2. The van der Waals surface area contributed by atoms with Gasteiger partial charge < -0.3 is 19.5 Å². The highest BCUT2D eigenvalue weighted by molar-refractivity contribution is 5.82. The van der Waals surface area contributed by atoms with Gasteiger partial charge in [-0.1, -0.05) is 19.1 Å². The molecule has 0 radical (unpaired) electrons. The Bertz CT molecular complexity index is 562. The number of aliphatic carboxylic acids is 1. The number of hydrogen-bond donors (Lipinski definition) is 1. The number of para-hydroxylation sites is 2. The van der Waals surface area contributed by atoms with E-state index in [9.17, 15) is 22.8 Å². The minimum Gasteiger partial charge on any atom is -0.480 e. The fourth-order valence-corrected chi connectivity index (χ4v) is 1.80. The second-order valence-corrected chi connectivity index (χ2v) is 4.85. The summed E-state index contributed by atoms with van der Waals surface area (Å²) in [5.41, 5.74) is 0. The van der Waals surface area contributed by atoms with Crippen LogP contribution in [0.2, 0.25) is 0 Å². The van der Waals surface area contributed by atoms with Gasteiger partial charge in [-0.2, -0.15) is 13.2 Å². The second kappa shape index (κ2) is 8.99. The van der Waals surface area contributed by atoms with Crippen molar-refractivity contribution in [2.45, 2.75) is 19.5 Å². The molecular weight excluding hydrogens is 331 g/mol. The van der Waals surface area contributed by atoms with Crippen LogP contribution >= 0.6 is 0 Å². The molecule has 1 aromatic rings. The molecule has 0 bridgehead atoms. The van der Waals surface area contributed by atoms with Crippen LogP contribution in [0.1, 0.15) is 13.3 Å². The number of carbonyl (C=O) groups is 2. The first-order valence-corrected chi connectivity index (χ1v) is 7.14. The molecule has 1 amide bonds. The number of carboxylic acid groups (broad SMARTS) is 1. The molecule has 1 rings (SSSR count). The molecule has 0 saturated carbocycles. The van der Waals surface area contributed by atoms with Crippen molar-refractivity contribution in [1.29, 1.82) is 0 Å². The molecule has 0 heterocycles. The van der Waals surface area contributed by atoms with E-state index in [0.717, 1.165) is 4.90 Å². The van der Waals surface area contributed by atoms with E-state index >= 15 is 0 Å². The average molecular weight is 349 g/mol. The summed E-state index contributed by atoms with van der Waals surface area (Å²) in [5.74, 6) is -1.92. The molecule has 0 atom stereocenters. The van der Waals surface area contributed by atoms with Gasteiger partial charge in [0, 0.05) is 6.54 Å². The lowest BCUT2D eigenvalue weighted by molar-refractivity contribution is -0.153. The van der Waals surface area contributed by atoms with Crippen molar-refractivity contribution in [2.75, 3.05) is 26.3 Å². The third-order valence-corrected chi connectivity index (χ3v) is 2.76. The standard InChI is InChI=1S/C15H18F3NO5/c1-2-7-19(8-14(21)22)13(20)9-23-11-5-3-4-6-12(11)24-10-15(16,17)18/h3-6H,2,7-10H2,1H3,(H,21,22). The highest BCUT2D eigenvalue weighted by Gasteiger charge is 2.29. The normalized spacial score (nSPS) is 11.0. The van der Waals surface area contributed by atoms with Gasteiger partial charge in [0.1, 0.15) is 6.54 Å². The minimum atomic E-state index is -4.50. The molecule has 0 saturated heterocycles. The quantitative estimate of drug-likeness (QED) is 0.740. The summed E-state index contributed by atoms with van der Waals surface area (Å²) in [4.78, 5) is 23.8. The molecule has 24 heavy (non-hydrogen) atoms. The Labute approximate surface area is 136 Å². The number of rotatable bonds is 9. The van der Waals surface area contributed by atoms with E-state index in [1.54, 1.807) is 6.92 Å². The summed E-state index contributed by atoms with van der Waals surface area (Å²) >= 11 is 0. The Morgan fingerprint density at radius 2 is 1.75 bits per heavy atom. The van der Waals surface area contributed by atoms with E-state index in [-0.39, 0.29) is 18.0 Å². The summed E-state index contributed by atoms with van der Waals surface area (Å²) < 4.78 is 46.5. The number of amides is 1. The van der Waals surface area contributed by atoms with Gasteiger partial charge in [0.05, 0.1) is 0 Å². The molecule has 0 aliphatic rings. The maximum Gasteiger partial charge on any atom is 0.422 e. The predicted molar refractivity (Wildman–Crippen MR) is 78.0 cm³/mol. The summed E-state index contributed by atoms with van der Waals surface area (Å²) in [7, 11) is 0. The van der Waals surface area contributed by atoms with Crippen LogP contribution in [-0.2, 0) is 9.59 Å². The summed E-state index contributed by atoms with van der Waals surface area (Å²) in [6.07, 6.45) is -3.94. The van der Waals surface area contributed by atoms with Gasteiger partial charge in [0.2, 0.25) is 0 Å². The summed E-state index contributed by atoms with van der Waals surface area (Å²) in [5, 5.41) is 8.77. The molecule has 9 heteroatoms. The average Bonchev–Trinajstić information content (AvgIpc) is 2.49. The number of hydrogen-bond acceptors (Lipinski definition) is 4. The van der Waals surface area contributed by atoms with Crippen LogP contribution in [0.3, 0.4) is 0 Å². The number of carboxylic acids is 1. The fourth-order valence-electron chi connectivity index (χ4n) is 1.80. The molecule has 1 N–H and O–H groups in total. The number of benzene rings is 1. The monoisotopic (exact) mass is 349 g/mol. The van der Waals surface area contributed by atoms with Crippen LogP contribution in [0.25, 0.3) is 0 Å². The molecule has 0 aliphatic heterocycles. The van der Waals surface area contributed by atoms with Crippen LogP contribution in [-0.4, -0.2) is 54.4 Å². The first kappa shape index (κ1) is 19.6. The predicted octanol–water partition coefficient (Wildman–Crippen LogP) is 2.33. The molecule has 0 aromatic heterocycles. The molecular formula is C15H18F3NO5. The highest BCUT2D eigenvalue weighted by Crippen LogP contribution is 2.28. The fraction of sp³-hybridized carbons (Fsp3) is 0.467. The topological polar surface area (TPSA) is 76.1 Å². The number of halogens is 3. The SMILES string of the molecule is CCCN(CC(=O)O)C(=O)COc1ccccc1OCC(F)(F)F. The number of alkyl halides is 3. The summed E-state index contributed by atoms with van der Waals surface area (Å²) in [6, 6.07) is 5.63. The van der Waals surface area contributed by atoms with Gasteiger partial charge in [-0.15, -0.1) is 0 Å². The molecule has 134 valence electrons. The van der Waals surface area contributed by atoms with E-state index in [2.05, 4.69) is 4.74 Å². The number of carbonyl (C=O) groups excluding carboxylic acids is 1. The van der Waals surface area contributed by atoms with Gasteiger partial charge in [0.15, 0.2) is 24.7 Å². The molecule has 1 aromatic carbocycles. The summed E-state index contributed by atoms with van der Waals surface area (Å²) in [6.45, 7) is -0.436. The number of nitrogens with zero attached hydrogens (tertiary/aromatic N) is 1. The first-order chi connectivity index (χ1) is 11.2. The lowest BCUT2D eigenvalue weighted by Gasteiger charge is -2.20. The van der Waals surface area contributed by atoms with Crippen molar-refractivity contribution >= 4 is 11.9 Å². The molecule has 0 spiro atoms. The van der Waals surface area contributed by atoms with E-state index < -0.39 is 37.8 Å². The van der Waals surface area contributed by atoms with Crippen molar-refractivity contribution in [1.82, 2.24) is 4.90 Å². The Morgan fingerprint density at radius 1 is 1.17 bits per heavy atom. The lowest BCUT2D eigenvalue weighted by Crippen LogP contribution is -2.39. The van der Waals surface area contributed by atoms with Crippen LogP contribution in [0.15, 0.2) is 24.3 Å². The largest absolute Gasteiger partial charge is 0.480 e. The maximum atomic E-state index is 12.2. The van der Waals surface area contributed by atoms with Crippen molar-refractivity contribution in [3.05, 3.63) is 24.3 Å². The molecule has 6 nitrogen and oxygen atoms in total. The minimum absolute atomic E-state index is 0.0260. The van der Waals surface area contributed by atoms with E-state index in [1.165, 1.54) is 24.3 Å². The number of ether oxygens (including phenoxy) is 2. The van der Waals surface area contributed by atoms with Crippen molar-refractivity contribution in [3.8, 4) is 11.5 Å². The second-order valence-electron chi connectivity index (χ2n) is 4.85. The zero-order valence-corrected chi connectivity index (χ0v) is 13.0. The van der Waals surface area contributed by atoms with Crippen LogP contribution in [0, 0.1) is 0 Å². The first-order valence-electron chi connectivity index (χ1n) is 7.14. The van der Waals surface area contributed by atoms with Crippen molar-refractivity contribution in [2.24, 2.45) is 0 Å². The smallest absolute Gasteiger partial charge is 0.422 e. The third-order valence-electron chi connectivity index (χ3n) is 2.76. The van der Waals surface area contributed by atoms with E-state index in [4.69, 9.17) is 9.84 Å². The lowest BCUT2D eigenvalue weighted by atomic mass is 10.3. The van der Waals surface area contributed by atoms with E-state index in [0.29, 0.717) is 6.42 Å². The Balaban J connectivity index is 2.68. The van der Waals surface area contributed by atoms with Gasteiger partial charge in [-0.3, -0.25) is 9.59 Å². The van der Waals surface area contributed by atoms with Gasteiger partial charge in [-0.05, 0) is 18.6 Å². The van der Waals surface area contributed by atoms with Gasteiger partial charge >= 0.3 is 12.1 Å². The van der Waals surface area contributed by atoms with Crippen molar-refractivity contribution in [3.63, 3.8) is 0 Å². The maximum absolute atomic E-state index is 12.2. The van der Waals surface area contributed by atoms with Crippen molar-refractivity contribution < 1.29 is 37.3 Å². The highest BCUT2D eigenvalue weighted by atomic mass is 19.4. The third kappa shape index (κ3) is 7.21. The Hall–Kier alpha value is -2.45. The van der Waals surface area contributed by atoms with Crippen LogP contribution in [0.4, 0.5) is 13.2 Å². The zero-order valence-electron chi connectivity index (χ0n) is 13.0. The molecule has 0 fully saturated rings. The Kier molecular flexibility index (Phi) is 7.34. The van der Waals surface area contributed by atoms with Crippen LogP contribution in [0.5, 0.6) is 11.5 Å². The van der Waals surface area contributed by atoms with Crippen LogP contribution < -0.4 is 9.47 Å².